The van der Waals surface area contributed by atoms with E-state index in [1.807, 2.05) is 37.3 Å². The Morgan fingerprint density at radius 2 is 1.72 bits per heavy atom. The zero-order valence-electron chi connectivity index (χ0n) is 15.6. The summed E-state index contributed by atoms with van der Waals surface area (Å²) in [5.74, 6) is -0.802. The molecule has 29 heavy (non-hydrogen) atoms. The predicted molar refractivity (Wildman–Crippen MR) is 107 cm³/mol. The van der Waals surface area contributed by atoms with Crippen molar-refractivity contribution in [2.75, 3.05) is 5.32 Å². The minimum atomic E-state index is -4.60. The molecule has 0 spiro atoms. The Kier molecular flexibility index (Phi) is 4.92. The van der Waals surface area contributed by atoms with E-state index in [-0.39, 0.29) is 6.92 Å². The van der Waals surface area contributed by atoms with Crippen LogP contribution >= 0.6 is 0 Å². The van der Waals surface area contributed by atoms with Crippen molar-refractivity contribution in [3.8, 4) is 0 Å². The van der Waals surface area contributed by atoms with Crippen molar-refractivity contribution >= 4 is 29.4 Å². The average Bonchev–Trinajstić information content (AvgIpc) is 3.11. The zero-order chi connectivity index (χ0) is 20.6. The minimum absolute atomic E-state index is 0.273. The topological polar surface area (TPSA) is 38.3 Å². The number of fused-ring (bicyclic) bond motifs is 1. The summed E-state index contributed by atoms with van der Waals surface area (Å²) in [5.41, 5.74) is 3.06. The predicted octanol–water partition coefficient (Wildman–Crippen LogP) is 3.90. The van der Waals surface area contributed by atoms with Crippen LogP contribution < -0.4 is 16.2 Å². The van der Waals surface area contributed by atoms with Gasteiger partial charge in [-0.25, -0.2) is 0 Å². The first-order valence-electron chi connectivity index (χ1n) is 9.12. The van der Waals surface area contributed by atoms with Gasteiger partial charge in [-0.3, -0.25) is 4.79 Å². The first-order chi connectivity index (χ1) is 13.8. The number of nitrogens with one attached hydrogen (secondary N) is 1. The van der Waals surface area contributed by atoms with Gasteiger partial charge in [0, 0.05) is 5.69 Å². The monoisotopic (exact) mass is 395 g/mol. The molecule has 1 aliphatic rings. The van der Waals surface area contributed by atoms with E-state index in [4.69, 9.17) is 4.65 Å². The Balaban J connectivity index is 1.64. The maximum atomic E-state index is 13.2. The number of amides is 1. The molecule has 3 aromatic rings. The van der Waals surface area contributed by atoms with Gasteiger partial charge in [-0.05, 0) is 47.7 Å². The maximum absolute atomic E-state index is 13.2. The smallest absolute Gasteiger partial charge is 0.417 e. The molecule has 0 unspecified atom stereocenters. The van der Waals surface area contributed by atoms with Crippen LogP contribution in [0.15, 0.2) is 66.7 Å². The second-order valence-electron chi connectivity index (χ2n) is 6.96. The zero-order valence-corrected chi connectivity index (χ0v) is 15.6. The molecule has 0 atom stereocenters. The molecule has 1 aliphatic heterocycles. The lowest BCUT2D eigenvalue weighted by atomic mass is 9.54. The van der Waals surface area contributed by atoms with Gasteiger partial charge in [0.05, 0.1) is 17.7 Å². The molecule has 0 aromatic heterocycles. The first kappa shape index (κ1) is 19.3. The molecule has 1 amide bonds. The van der Waals surface area contributed by atoms with Gasteiger partial charge in [-0.15, -0.1) is 0 Å². The number of benzene rings is 3. The number of carbonyl (C=O) groups excluding carboxylic acids is 1. The van der Waals surface area contributed by atoms with Gasteiger partial charge >= 0.3 is 13.1 Å². The largest absolute Gasteiger partial charge is 0.423 e. The highest BCUT2D eigenvalue weighted by Crippen LogP contribution is 2.32. The van der Waals surface area contributed by atoms with Crippen LogP contribution in [0.4, 0.5) is 18.9 Å². The quantitative estimate of drug-likeness (QED) is 0.684. The Morgan fingerprint density at radius 3 is 2.48 bits per heavy atom. The minimum Gasteiger partial charge on any atom is -0.423 e. The Morgan fingerprint density at radius 1 is 1.00 bits per heavy atom. The van der Waals surface area contributed by atoms with Crippen molar-refractivity contribution in [3.05, 3.63) is 89.0 Å². The molecule has 1 N–H and O–H groups in total. The van der Waals surface area contributed by atoms with Crippen LogP contribution in [0.2, 0.25) is 0 Å². The van der Waals surface area contributed by atoms with Gasteiger partial charge in [0.1, 0.15) is 0 Å². The third-order valence-electron chi connectivity index (χ3n) is 5.04. The van der Waals surface area contributed by atoms with Crippen LogP contribution in [-0.4, -0.2) is 12.8 Å². The molecule has 0 fully saturated rings. The van der Waals surface area contributed by atoms with Crippen LogP contribution in [0.25, 0.3) is 0 Å². The second-order valence-corrected chi connectivity index (χ2v) is 6.96. The number of carbonyl (C=O) groups is 1. The van der Waals surface area contributed by atoms with E-state index in [9.17, 15) is 18.0 Å². The van der Waals surface area contributed by atoms with Gasteiger partial charge in [0.25, 0.3) is 5.91 Å². The summed E-state index contributed by atoms with van der Waals surface area (Å²) in [6, 6.07) is 17.9. The number of aryl methyl sites for hydroxylation is 1. The van der Waals surface area contributed by atoms with Crippen LogP contribution in [0.5, 0.6) is 0 Å². The molecule has 0 radical (unpaired) electrons. The summed E-state index contributed by atoms with van der Waals surface area (Å²) < 4.78 is 45.6. The highest BCUT2D eigenvalue weighted by atomic mass is 19.4. The van der Waals surface area contributed by atoms with Crippen LogP contribution in [-0.2, 0) is 17.4 Å². The summed E-state index contributed by atoms with van der Waals surface area (Å²) in [4.78, 5) is 12.5. The fourth-order valence-corrected chi connectivity index (χ4v) is 3.58. The second kappa shape index (κ2) is 7.41. The molecular weight excluding hydrogens is 378 g/mol. The van der Waals surface area contributed by atoms with Crippen molar-refractivity contribution in [2.45, 2.75) is 19.7 Å². The molecule has 0 saturated carbocycles. The van der Waals surface area contributed by atoms with Gasteiger partial charge in [-0.1, -0.05) is 48.0 Å². The molecule has 4 rings (SSSR count). The van der Waals surface area contributed by atoms with Crippen LogP contribution in [0, 0.1) is 6.92 Å². The fourth-order valence-electron chi connectivity index (χ4n) is 3.58. The highest BCUT2D eigenvalue weighted by molar-refractivity contribution is 6.81. The van der Waals surface area contributed by atoms with Crippen molar-refractivity contribution in [3.63, 3.8) is 0 Å². The summed E-state index contributed by atoms with van der Waals surface area (Å²) in [6.07, 6.45) is -4.60. The molecule has 1 heterocycles. The van der Waals surface area contributed by atoms with Gasteiger partial charge in [-0.2, -0.15) is 13.2 Å². The highest BCUT2D eigenvalue weighted by Gasteiger charge is 2.35. The third-order valence-corrected chi connectivity index (χ3v) is 5.04. The number of alkyl halides is 3. The fraction of sp³-hybridized carbons (Fsp3) is 0.136. The maximum Gasteiger partial charge on any atom is 0.417 e. The van der Waals surface area contributed by atoms with Crippen molar-refractivity contribution in [1.82, 2.24) is 0 Å². The number of anilines is 1. The summed E-state index contributed by atoms with van der Waals surface area (Å²) in [5, 5.41) is 2.59. The Labute approximate surface area is 166 Å². The van der Waals surface area contributed by atoms with E-state index >= 15 is 0 Å². The molecule has 7 heteroatoms. The molecule has 0 bridgehead atoms. The number of hydrogen-bond donors (Lipinski definition) is 1. The van der Waals surface area contributed by atoms with Gasteiger partial charge < -0.3 is 9.97 Å². The van der Waals surface area contributed by atoms with Crippen molar-refractivity contribution in [2.24, 2.45) is 0 Å². The first-order valence-corrected chi connectivity index (χ1v) is 9.12. The van der Waals surface area contributed by atoms with E-state index in [1.54, 1.807) is 12.1 Å². The van der Waals surface area contributed by atoms with E-state index in [1.165, 1.54) is 18.2 Å². The number of hydrogen-bond acceptors (Lipinski definition) is 2. The molecule has 0 saturated heterocycles. The SMILES string of the molecule is Cc1ccccc1B1OCc2ccc(NC(=O)c3ccccc3C(F)(F)F)cc21. The van der Waals surface area contributed by atoms with Gasteiger partial charge in [0.2, 0.25) is 0 Å². The molecular formula is C22H17BF3NO2. The number of halogens is 3. The molecule has 146 valence electrons. The number of rotatable bonds is 3. The molecule has 0 aliphatic carbocycles. The Bertz CT molecular complexity index is 1080. The average molecular weight is 395 g/mol. The Hall–Kier alpha value is -3.06. The van der Waals surface area contributed by atoms with Crippen molar-refractivity contribution < 1.29 is 22.6 Å². The van der Waals surface area contributed by atoms with E-state index < -0.39 is 23.2 Å². The lowest BCUT2D eigenvalue weighted by Gasteiger charge is -2.14. The van der Waals surface area contributed by atoms with Gasteiger partial charge in [0.15, 0.2) is 0 Å². The lowest BCUT2D eigenvalue weighted by Crippen LogP contribution is -2.42. The molecule has 3 aromatic carbocycles. The lowest BCUT2D eigenvalue weighted by molar-refractivity contribution is -0.137. The summed E-state index contributed by atoms with van der Waals surface area (Å²) in [6.45, 7) is 2.17. The van der Waals surface area contributed by atoms with Crippen molar-refractivity contribution in [1.29, 1.82) is 0 Å². The van der Waals surface area contributed by atoms with E-state index in [2.05, 4.69) is 5.32 Å². The summed E-state index contributed by atoms with van der Waals surface area (Å²) >= 11 is 0. The standard InChI is InChI=1S/C22H17BF3NO2/c1-14-6-2-5-9-19(14)23-20-12-16(11-10-15(20)13-29-23)27-21(28)17-7-3-4-8-18(17)22(24,25)26/h2-12H,13H2,1H3,(H,27,28). The van der Waals surface area contributed by atoms with E-state index in [0.29, 0.717) is 12.3 Å². The van der Waals surface area contributed by atoms with Crippen LogP contribution in [0.3, 0.4) is 0 Å². The normalized spacial score (nSPS) is 13.3. The van der Waals surface area contributed by atoms with E-state index in [0.717, 1.165) is 28.1 Å². The van der Waals surface area contributed by atoms with Crippen LogP contribution in [0.1, 0.15) is 27.0 Å². The summed E-state index contributed by atoms with van der Waals surface area (Å²) in [7, 11) is 0. The third kappa shape index (κ3) is 3.78. The molecule has 3 nitrogen and oxygen atoms in total.